The molecule has 0 saturated heterocycles. The molecule has 0 aliphatic rings. The van der Waals surface area contributed by atoms with E-state index < -0.39 is 0 Å². The Bertz CT molecular complexity index is 750. The summed E-state index contributed by atoms with van der Waals surface area (Å²) in [6.45, 7) is 0. The molecule has 1 amide bonds. The van der Waals surface area contributed by atoms with Gasteiger partial charge in [-0.05, 0) is 18.2 Å². The number of hydrogen-bond acceptors (Lipinski definition) is 4. The lowest BCUT2D eigenvalue weighted by atomic mass is 10.1. The van der Waals surface area contributed by atoms with Gasteiger partial charge >= 0.3 is 0 Å². The monoisotopic (exact) mass is 298 g/mol. The number of likely N-dealkylation sites (N-methyl/N-ethyl adjacent to an activating group) is 1. The highest BCUT2D eigenvalue weighted by Crippen LogP contribution is 2.32. The van der Waals surface area contributed by atoms with Gasteiger partial charge in [0.2, 0.25) is 5.91 Å². The molecule has 2 aromatic carbocycles. The molecule has 0 unspecified atom stereocenters. The summed E-state index contributed by atoms with van der Waals surface area (Å²) in [5, 5.41) is 3.20. The highest BCUT2D eigenvalue weighted by atomic mass is 32.1. The van der Waals surface area contributed by atoms with Gasteiger partial charge in [-0.2, -0.15) is 0 Å². The molecule has 0 radical (unpaired) electrons. The first-order valence-corrected chi connectivity index (χ1v) is 7.40. The van der Waals surface area contributed by atoms with Crippen LogP contribution in [0, 0.1) is 0 Å². The summed E-state index contributed by atoms with van der Waals surface area (Å²) in [7, 11) is 1.62. The number of rotatable bonds is 4. The van der Waals surface area contributed by atoms with Gasteiger partial charge in [-0.25, -0.2) is 4.98 Å². The molecule has 0 aliphatic carbocycles. The van der Waals surface area contributed by atoms with Crippen LogP contribution < -0.4 is 10.1 Å². The minimum absolute atomic E-state index is 0.0460. The molecule has 21 heavy (non-hydrogen) atoms. The van der Waals surface area contributed by atoms with Crippen molar-refractivity contribution in [3.05, 3.63) is 54.1 Å². The van der Waals surface area contributed by atoms with E-state index in [4.69, 9.17) is 4.74 Å². The summed E-state index contributed by atoms with van der Waals surface area (Å²) < 4.78 is 6.95. The van der Waals surface area contributed by atoms with E-state index in [1.165, 1.54) is 11.3 Å². The number of carbonyl (C=O) groups excluding carboxylic acids is 1. The van der Waals surface area contributed by atoms with E-state index in [1.54, 1.807) is 7.05 Å². The number of benzene rings is 2. The van der Waals surface area contributed by atoms with Crippen LogP contribution in [-0.2, 0) is 11.2 Å². The fourth-order valence-electron chi connectivity index (χ4n) is 2.00. The lowest BCUT2D eigenvalue weighted by Gasteiger charge is -2.08. The van der Waals surface area contributed by atoms with Gasteiger partial charge in [0.05, 0.1) is 16.6 Å². The summed E-state index contributed by atoms with van der Waals surface area (Å²) in [4.78, 5) is 16.0. The average Bonchev–Trinajstić information content (AvgIpc) is 2.91. The molecule has 0 atom stereocenters. The number of aromatic nitrogens is 1. The van der Waals surface area contributed by atoms with Crippen LogP contribution in [0.3, 0.4) is 0 Å². The summed E-state index contributed by atoms with van der Waals surface area (Å²) in [5.41, 5.74) is 1.76. The van der Waals surface area contributed by atoms with E-state index in [2.05, 4.69) is 10.3 Å². The molecule has 106 valence electrons. The predicted octanol–water partition coefficient (Wildman–Crippen LogP) is 3.38. The maximum Gasteiger partial charge on any atom is 0.279 e. The van der Waals surface area contributed by atoms with Crippen molar-refractivity contribution < 1.29 is 9.53 Å². The topological polar surface area (TPSA) is 51.2 Å². The smallest absolute Gasteiger partial charge is 0.279 e. The van der Waals surface area contributed by atoms with E-state index in [1.807, 2.05) is 48.5 Å². The molecule has 0 bridgehead atoms. The number of thiazole rings is 1. The van der Waals surface area contributed by atoms with E-state index in [0.717, 1.165) is 15.8 Å². The molecule has 3 rings (SSSR count). The number of nitrogens with zero attached hydrogens (tertiary/aromatic N) is 1. The van der Waals surface area contributed by atoms with Crippen LogP contribution in [0.2, 0.25) is 0 Å². The minimum Gasteiger partial charge on any atom is -0.431 e. The van der Waals surface area contributed by atoms with Crippen molar-refractivity contribution in [2.75, 3.05) is 7.05 Å². The van der Waals surface area contributed by atoms with E-state index in [0.29, 0.717) is 10.9 Å². The van der Waals surface area contributed by atoms with Gasteiger partial charge in [0.25, 0.3) is 5.19 Å². The number of nitrogens with one attached hydrogen (secondary N) is 1. The van der Waals surface area contributed by atoms with Crippen LogP contribution in [0.5, 0.6) is 10.9 Å². The molecule has 0 fully saturated rings. The largest absolute Gasteiger partial charge is 0.431 e. The van der Waals surface area contributed by atoms with Crippen LogP contribution in [0.25, 0.3) is 10.2 Å². The van der Waals surface area contributed by atoms with Crippen molar-refractivity contribution in [2.45, 2.75) is 6.42 Å². The first kappa shape index (κ1) is 13.6. The lowest BCUT2D eigenvalue weighted by molar-refractivity contribution is -0.119. The average molecular weight is 298 g/mol. The summed E-state index contributed by atoms with van der Waals surface area (Å²) >= 11 is 1.49. The van der Waals surface area contributed by atoms with Crippen molar-refractivity contribution in [1.29, 1.82) is 0 Å². The third-order valence-corrected chi connectivity index (χ3v) is 3.99. The van der Waals surface area contributed by atoms with E-state index >= 15 is 0 Å². The second kappa shape index (κ2) is 5.93. The Hall–Kier alpha value is -2.40. The molecule has 1 N–H and O–H groups in total. The molecular weight excluding hydrogens is 284 g/mol. The Morgan fingerprint density at radius 1 is 1.19 bits per heavy atom. The standard InChI is InChI=1S/C16H14N2O2S/c1-17-15(19)10-11-6-2-4-8-13(11)20-16-18-12-7-3-5-9-14(12)21-16/h2-9H,10H2,1H3,(H,17,19). The first-order valence-electron chi connectivity index (χ1n) is 6.58. The molecule has 0 spiro atoms. The van der Waals surface area contributed by atoms with Crippen molar-refractivity contribution in [2.24, 2.45) is 0 Å². The van der Waals surface area contributed by atoms with Crippen molar-refractivity contribution in [1.82, 2.24) is 10.3 Å². The Morgan fingerprint density at radius 3 is 2.76 bits per heavy atom. The van der Waals surface area contributed by atoms with Gasteiger partial charge in [0, 0.05) is 12.6 Å². The summed E-state index contributed by atoms with van der Waals surface area (Å²) in [5.74, 6) is 0.621. The van der Waals surface area contributed by atoms with E-state index in [9.17, 15) is 4.79 Å². The second-order valence-corrected chi connectivity index (χ2v) is 5.50. The van der Waals surface area contributed by atoms with Gasteiger partial charge in [-0.15, -0.1) is 0 Å². The zero-order valence-electron chi connectivity index (χ0n) is 11.5. The van der Waals surface area contributed by atoms with Gasteiger partial charge < -0.3 is 10.1 Å². The van der Waals surface area contributed by atoms with Crippen LogP contribution in [0.15, 0.2) is 48.5 Å². The quantitative estimate of drug-likeness (QED) is 0.803. The number of hydrogen-bond donors (Lipinski definition) is 1. The number of para-hydroxylation sites is 2. The summed E-state index contributed by atoms with van der Waals surface area (Å²) in [6.07, 6.45) is 0.289. The third kappa shape index (κ3) is 3.03. The molecule has 5 heteroatoms. The highest BCUT2D eigenvalue weighted by molar-refractivity contribution is 7.20. The van der Waals surface area contributed by atoms with E-state index in [-0.39, 0.29) is 12.3 Å². The number of fused-ring (bicyclic) bond motifs is 1. The third-order valence-electron chi connectivity index (χ3n) is 3.07. The fourth-order valence-corrected chi connectivity index (χ4v) is 2.83. The molecule has 1 heterocycles. The fraction of sp³-hybridized carbons (Fsp3) is 0.125. The summed E-state index contributed by atoms with van der Waals surface area (Å²) in [6, 6.07) is 15.4. The Kier molecular flexibility index (Phi) is 3.83. The zero-order chi connectivity index (χ0) is 14.7. The Labute approximate surface area is 126 Å². The highest BCUT2D eigenvalue weighted by Gasteiger charge is 2.11. The number of carbonyl (C=O) groups is 1. The number of amides is 1. The lowest BCUT2D eigenvalue weighted by Crippen LogP contribution is -2.20. The van der Waals surface area contributed by atoms with Gasteiger partial charge in [-0.3, -0.25) is 4.79 Å². The SMILES string of the molecule is CNC(=O)Cc1ccccc1Oc1nc2ccccc2s1. The van der Waals surface area contributed by atoms with Gasteiger partial charge in [0.15, 0.2) is 0 Å². The predicted molar refractivity (Wildman–Crippen MR) is 83.9 cm³/mol. The van der Waals surface area contributed by atoms with Crippen LogP contribution >= 0.6 is 11.3 Å². The number of ether oxygens (including phenoxy) is 1. The molecule has 0 aliphatic heterocycles. The molecule has 4 nitrogen and oxygen atoms in total. The maximum atomic E-state index is 11.5. The first-order chi connectivity index (χ1) is 10.3. The molecular formula is C16H14N2O2S. The van der Waals surface area contributed by atoms with Crippen LogP contribution in [-0.4, -0.2) is 17.9 Å². The van der Waals surface area contributed by atoms with Gasteiger partial charge in [0.1, 0.15) is 5.75 Å². The van der Waals surface area contributed by atoms with Crippen molar-refractivity contribution >= 4 is 27.5 Å². The van der Waals surface area contributed by atoms with Crippen LogP contribution in [0.1, 0.15) is 5.56 Å². The molecule has 1 aromatic heterocycles. The van der Waals surface area contributed by atoms with Crippen molar-refractivity contribution in [3.63, 3.8) is 0 Å². The second-order valence-electron chi connectivity index (χ2n) is 4.51. The van der Waals surface area contributed by atoms with Gasteiger partial charge in [-0.1, -0.05) is 41.7 Å². The van der Waals surface area contributed by atoms with Crippen LogP contribution in [0.4, 0.5) is 0 Å². The Morgan fingerprint density at radius 2 is 1.95 bits per heavy atom. The molecule has 0 saturated carbocycles. The molecule has 3 aromatic rings. The van der Waals surface area contributed by atoms with Crippen molar-refractivity contribution in [3.8, 4) is 10.9 Å². The normalized spacial score (nSPS) is 10.5. The zero-order valence-corrected chi connectivity index (χ0v) is 12.3. The minimum atomic E-state index is -0.0460. The Balaban J connectivity index is 1.88. The maximum absolute atomic E-state index is 11.5.